The topological polar surface area (TPSA) is 32.8 Å². The van der Waals surface area contributed by atoms with Crippen molar-refractivity contribution >= 4 is 29.1 Å². The van der Waals surface area contributed by atoms with Gasteiger partial charge in [0.15, 0.2) is 0 Å². The van der Waals surface area contributed by atoms with Crippen molar-refractivity contribution in [1.82, 2.24) is 4.90 Å². The summed E-state index contributed by atoms with van der Waals surface area (Å²) in [6.07, 6.45) is 11.5. The molecule has 3 aliphatic rings. The zero-order valence-corrected chi connectivity index (χ0v) is 23.2. The molecule has 2 bridgehead atoms. The van der Waals surface area contributed by atoms with Gasteiger partial charge in [-0.05, 0) is 93.0 Å². The van der Waals surface area contributed by atoms with E-state index in [1.807, 2.05) is 42.5 Å². The lowest BCUT2D eigenvalue weighted by atomic mass is 9.97. The molecule has 2 atom stereocenters. The molecule has 0 saturated carbocycles. The molecule has 3 fully saturated rings. The number of anilines is 1. The number of fused-ring (bicyclic) bond motifs is 2. The van der Waals surface area contributed by atoms with Gasteiger partial charge in [0.2, 0.25) is 0 Å². The molecule has 3 saturated heterocycles. The predicted molar refractivity (Wildman–Crippen MR) is 158 cm³/mol. The summed E-state index contributed by atoms with van der Waals surface area (Å²) in [7, 11) is 0. The Morgan fingerprint density at radius 2 is 1.68 bits per heavy atom. The van der Waals surface area contributed by atoms with E-state index >= 15 is 0 Å². The Morgan fingerprint density at radius 1 is 0.947 bits per heavy atom. The van der Waals surface area contributed by atoms with Crippen molar-refractivity contribution in [2.75, 3.05) is 24.6 Å². The summed E-state index contributed by atoms with van der Waals surface area (Å²) in [6.45, 7) is 5.35. The fourth-order valence-electron chi connectivity index (χ4n) is 6.56. The van der Waals surface area contributed by atoms with Crippen molar-refractivity contribution in [3.05, 3.63) is 82.2 Å². The Labute approximate surface area is 230 Å². The molecule has 0 amide bonds. The van der Waals surface area contributed by atoms with Crippen molar-refractivity contribution in [3.63, 3.8) is 0 Å². The highest BCUT2D eigenvalue weighted by Crippen LogP contribution is 2.39. The van der Waals surface area contributed by atoms with E-state index in [-0.39, 0.29) is 5.97 Å². The van der Waals surface area contributed by atoms with Crippen LogP contribution in [0.15, 0.2) is 66.2 Å². The number of rotatable bonds is 7. The Morgan fingerprint density at radius 3 is 2.42 bits per heavy atom. The second kappa shape index (κ2) is 11.5. The van der Waals surface area contributed by atoms with Crippen LogP contribution in [0.1, 0.15) is 72.7 Å². The van der Waals surface area contributed by atoms with Crippen molar-refractivity contribution in [2.24, 2.45) is 0 Å². The molecule has 0 radical (unpaired) electrons. The zero-order valence-electron chi connectivity index (χ0n) is 22.4. The van der Waals surface area contributed by atoms with Gasteiger partial charge in [-0.15, -0.1) is 11.3 Å². The quantitative estimate of drug-likeness (QED) is 0.294. The summed E-state index contributed by atoms with van der Waals surface area (Å²) in [6, 6.07) is 23.1. The molecule has 3 aliphatic heterocycles. The maximum atomic E-state index is 12.0. The highest BCUT2D eigenvalue weighted by atomic mass is 32.1. The third-order valence-corrected chi connectivity index (χ3v) is 9.68. The minimum absolute atomic E-state index is 0.252. The first-order valence-electron chi connectivity index (χ1n) is 14.3. The third kappa shape index (κ3) is 5.45. The number of hydrogen-bond donors (Lipinski definition) is 0. The molecule has 4 nitrogen and oxygen atoms in total. The first-order chi connectivity index (χ1) is 18.7. The fourth-order valence-corrected chi connectivity index (χ4v) is 7.62. The van der Waals surface area contributed by atoms with Crippen LogP contribution in [0.3, 0.4) is 0 Å². The van der Waals surface area contributed by atoms with Crippen LogP contribution in [-0.4, -0.2) is 42.6 Å². The molecule has 0 N–H and O–H groups in total. The molecule has 5 heteroatoms. The highest BCUT2D eigenvalue weighted by Gasteiger charge is 2.36. The van der Waals surface area contributed by atoms with Crippen molar-refractivity contribution in [1.29, 1.82) is 0 Å². The van der Waals surface area contributed by atoms with Crippen LogP contribution in [0, 0.1) is 0 Å². The second-order valence-electron chi connectivity index (χ2n) is 10.9. The van der Waals surface area contributed by atoms with Gasteiger partial charge in [-0.2, -0.15) is 0 Å². The van der Waals surface area contributed by atoms with Gasteiger partial charge in [-0.25, -0.2) is 4.79 Å². The first kappa shape index (κ1) is 25.4. The Hall–Kier alpha value is -2.89. The average Bonchev–Trinajstić information content (AvgIpc) is 3.49. The van der Waals surface area contributed by atoms with E-state index in [2.05, 4.69) is 52.3 Å². The Bertz CT molecular complexity index is 1270. The number of esters is 1. The molecule has 0 spiro atoms. The van der Waals surface area contributed by atoms with Gasteiger partial charge in [0.25, 0.3) is 0 Å². The normalized spacial score (nSPS) is 21.5. The van der Waals surface area contributed by atoms with Crippen molar-refractivity contribution < 1.29 is 9.53 Å². The molecule has 38 heavy (non-hydrogen) atoms. The maximum Gasteiger partial charge on any atom is 0.338 e. The van der Waals surface area contributed by atoms with E-state index < -0.39 is 0 Å². The molecule has 0 aliphatic carbocycles. The SMILES string of the molecule is CCOC(=O)c1ccc(N2CCC(=Cc3ccccc3-c3ccc(CN4C5CCCC4CC5)s3)CC2)cc1. The van der Waals surface area contributed by atoms with E-state index in [0.29, 0.717) is 12.2 Å². The van der Waals surface area contributed by atoms with Gasteiger partial charge in [-0.1, -0.05) is 42.3 Å². The number of carbonyl (C=O) groups excluding carboxylic acids is 1. The van der Waals surface area contributed by atoms with Crippen molar-refractivity contribution in [3.8, 4) is 10.4 Å². The van der Waals surface area contributed by atoms with Gasteiger partial charge in [0.1, 0.15) is 0 Å². The van der Waals surface area contributed by atoms with Crippen LogP contribution < -0.4 is 4.90 Å². The van der Waals surface area contributed by atoms with Gasteiger partial charge in [-0.3, -0.25) is 4.90 Å². The van der Waals surface area contributed by atoms with E-state index in [4.69, 9.17) is 4.74 Å². The Balaban J connectivity index is 1.11. The van der Waals surface area contributed by atoms with Gasteiger partial charge < -0.3 is 9.64 Å². The third-order valence-electron chi connectivity index (χ3n) is 8.58. The molecule has 3 aromatic rings. The molecule has 2 unspecified atom stereocenters. The van der Waals surface area contributed by atoms with E-state index in [9.17, 15) is 4.79 Å². The zero-order chi connectivity index (χ0) is 25.9. The van der Waals surface area contributed by atoms with E-state index in [0.717, 1.165) is 44.6 Å². The summed E-state index contributed by atoms with van der Waals surface area (Å²) in [5.41, 5.74) is 5.99. The number of piperidine rings is 2. The maximum absolute atomic E-state index is 12.0. The lowest BCUT2D eigenvalue weighted by Crippen LogP contribution is -2.38. The van der Waals surface area contributed by atoms with Crippen LogP contribution in [0.5, 0.6) is 0 Å². The molecular weight excluding hydrogens is 488 g/mol. The number of carbonyl (C=O) groups is 1. The molecule has 6 rings (SSSR count). The monoisotopic (exact) mass is 526 g/mol. The van der Waals surface area contributed by atoms with Crippen LogP contribution in [-0.2, 0) is 11.3 Å². The summed E-state index contributed by atoms with van der Waals surface area (Å²) >= 11 is 1.98. The standard InChI is InChI=1S/C33H38N2O2S/c1-2-37-33(36)25-10-12-27(13-11-25)34-20-18-24(19-21-34)22-26-6-3-4-9-31(26)32-17-16-30(38-32)23-35-28-7-5-8-29(35)15-14-28/h3-4,6,9-13,16-17,22,28-29H,2,5,7-8,14-15,18-21,23H2,1H3. The molecule has 2 aromatic carbocycles. The summed E-state index contributed by atoms with van der Waals surface area (Å²) in [4.78, 5) is 20.1. The van der Waals surface area contributed by atoms with Gasteiger partial charge in [0, 0.05) is 47.2 Å². The molecule has 1 aromatic heterocycles. The minimum Gasteiger partial charge on any atom is -0.462 e. The average molecular weight is 527 g/mol. The Kier molecular flexibility index (Phi) is 7.66. The van der Waals surface area contributed by atoms with E-state index in [1.165, 1.54) is 64.2 Å². The largest absolute Gasteiger partial charge is 0.462 e. The number of ether oxygens (including phenoxy) is 1. The van der Waals surface area contributed by atoms with E-state index in [1.54, 1.807) is 0 Å². The fraction of sp³-hybridized carbons (Fsp3) is 0.424. The van der Waals surface area contributed by atoms with Crippen molar-refractivity contribution in [2.45, 2.75) is 70.5 Å². The van der Waals surface area contributed by atoms with Crippen LogP contribution in [0.4, 0.5) is 5.69 Å². The summed E-state index contributed by atoms with van der Waals surface area (Å²) in [5.74, 6) is -0.252. The lowest BCUT2D eigenvalue weighted by molar-refractivity contribution is 0.0526. The highest BCUT2D eigenvalue weighted by molar-refractivity contribution is 7.15. The smallest absolute Gasteiger partial charge is 0.338 e. The number of hydrogen-bond acceptors (Lipinski definition) is 5. The van der Waals surface area contributed by atoms with Crippen LogP contribution in [0.2, 0.25) is 0 Å². The summed E-state index contributed by atoms with van der Waals surface area (Å²) in [5, 5.41) is 0. The number of nitrogens with zero attached hydrogens (tertiary/aromatic N) is 2. The van der Waals surface area contributed by atoms with Crippen LogP contribution in [0.25, 0.3) is 16.5 Å². The minimum atomic E-state index is -0.252. The number of benzene rings is 2. The lowest BCUT2D eigenvalue weighted by Gasteiger charge is -2.34. The van der Waals surface area contributed by atoms with Crippen LogP contribution >= 0.6 is 11.3 Å². The second-order valence-corrected chi connectivity index (χ2v) is 12.1. The predicted octanol–water partition coefficient (Wildman–Crippen LogP) is 7.79. The molecular formula is C33H38N2O2S. The first-order valence-corrected chi connectivity index (χ1v) is 15.1. The van der Waals surface area contributed by atoms with Gasteiger partial charge in [0.05, 0.1) is 12.2 Å². The number of thiophene rings is 1. The summed E-state index contributed by atoms with van der Waals surface area (Å²) < 4.78 is 5.11. The molecule has 198 valence electrons. The van der Waals surface area contributed by atoms with Gasteiger partial charge >= 0.3 is 5.97 Å². The molecule has 4 heterocycles.